The molecular formula is C22H32N4O. The highest BCUT2D eigenvalue weighted by molar-refractivity contribution is 5.14. The fourth-order valence-corrected chi connectivity index (χ4v) is 4.38. The van der Waals surface area contributed by atoms with E-state index >= 15 is 0 Å². The van der Waals surface area contributed by atoms with Crippen LogP contribution in [0.2, 0.25) is 0 Å². The predicted molar refractivity (Wildman–Crippen MR) is 107 cm³/mol. The molecule has 146 valence electrons. The first-order chi connectivity index (χ1) is 13.3. The molecule has 27 heavy (non-hydrogen) atoms. The maximum atomic E-state index is 6.19. The second-order valence-electron chi connectivity index (χ2n) is 8.04. The van der Waals surface area contributed by atoms with Gasteiger partial charge in [0.25, 0.3) is 0 Å². The van der Waals surface area contributed by atoms with E-state index in [-0.39, 0.29) is 0 Å². The van der Waals surface area contributed by atoms with Crippen molar-refractivity contribution in [1.82, 2.24) is 19.6 Å². The minimum absolute atomic E-state index is 0.332. The lowest BCUT2D eigenvalue weighted by Gasteiger charge is -2.34. The van der Waals surface area contributed by atoms with Crippen molar-refractivity contribution in [3.63, 3.8) is 0 Å². The van der Waals surface area contributed by atoms with Crippen molar-refractivity contribution in [3.8, 4) is 0 Å². The van der Waals surface area contributed by atoms with Gasteiger partial charge in [0.05, 0.1) is 6.10 Å². The Balaban J connectivity index is 1.23. The Labute approximate surface area is 162 Å². The summed E-state index contributed by atoms with van der Waals surface area (Å²) in [6.07, 6.45) is 7.95. The molecule has 5 heteroatoms. The second-order valence-corrected chi connectivity index (χ2v) is 8.04. The Morgan fingerprint density at radius 2 is 1.81 bits per heavy atom. The van der Waals surface area contributed by atoms with Gasteiger partial charge >= 0.3 is 0 Å². The summed E-state index contributed by atoms with van der Waals surface area (Å²) in [5.41, 5.74) is 1.40. The molecule has 2 saturated heterocycles. The van der Waals surface area contributed by atoms with Crippen LogP contribution in [0.25, 0.3) is 0 Å². The van der Waals surface area contributed by atoms with Crippen LogP contribution in [0.1, 0.15) is 24.8 Å². The van der Waals surface area contributed by atoms with Gasteiger partial charge in [-0.1, -0.05) is 30.3 Å². The first-order valence-electron chi connectivity index (χ1n) is 10.4. The van der Waals surface area contributed by atoms with E-state index < -0.39 is 0 Å². The molecule has 4 rings (SSSR count). The molecule has 1 aromatic carbocycles. The third kappa shape index (κ3) is 5.64. The zero-order valence-electron chi connectivity index (χ0n) is 16.2. The molecule has 0 N–H and O–H groups in total. The highest BCUT2D eigenvalue weighted by Crippen LogP contribution is 2.20. The third-order valence-electron chi connectivity index (χ3n) is 5.86. The van der Waals surface area contributed by atoms with Gasteiger partial charge in [0.1, 0.15) is 0 Å². The summed E-state index contributed by atoms with van der Waals surface area (Å²) in [4.78, 5) is 5.17. The average Bonchev–Trinajstić information content (AvgIpc) is 3.11. The summed E-state index contributed by atoms with van der Waals surface area (Å²) in [6.45, 7) is 8.61. The largest absolute Gasteiger partial charge is 0.376 e. The van der Waals surface area contributed by atoms with Crippen molar-refractivity contribution in [3.05, 3.63) is 54.4 Å². The number of rotatable bonds is 6. The van der Waals surface area contributed by atoms with E-state index in [4.69, 9.17) is 4.74 Å². The van der Waals surface area contributed by atoms with E-state index in [0.717, 1.165) is 51.7 Å². The standard InChI is InChI=1S/C22H32N4O/c1-2-6-20(7-3-1)16-25-11-5-15-27-22(19-25)18-24-13-8-21(9-14-24)17-26-12-4-10-23-26/h1-4,6-7,10,12,21-22H,5,8-9,11,13-19H2. The van der Waals surface area contributed by atoms with Crippen LogP contribution in [0.4, 0.5) is 0 Å². The van der Waals surface area contributed by atoms with E-state index in [1.54, 1.807) is 0 Å². The molecule has 2 aliphatic rings. The van der Waals surface area contributed by atoms with Gasteiger partial charge in [0.15, 0.2) is 0 Å². The highest BCUT2D eigenvalue weighted by Gasteiger charge is 2.25. The van der Waals surface area contributed by atoms with Crippen LogP contribution in [0.15, 0.2) is 48.8 Å². The number of aromatic nitrogens is 2. The molecule has 2 aliphatic heterocycles. The Bertz CT molecular complexity index is 652. The quantitative estimate of drug-likeness (QED) is 0.785. The Hall–Kier alpha value is -1.69. The van der Waals surface area contributed by atoms with E-state index in [2.05, 4.69) is 56.1 Å². The molecule has 0 spiro atoms. The van der Waals surface area contributed by atoms with Crippen LogP contribution in [0.3, 0.4) is 0 Å². The summed E-state index contributed by atoms with van der Waals surface area (Å²) in [7, 11) is 0. The van der Waals surface area contributed by atoms with Crippen molar-refractivity contribution in [2.24, 2.45) is 5.92 Å². The lowest BCUT2D eigenvalue weighted by atomic mass is 9.96. The van der Waals surface area contributed by atoms with Crippen molar-refractivity contribution < 1.29 is 4.74 Å². The average molecular weight is 369 g/mol. The van der Waals surface area contributed by atoms with Gasteiger partial charge in [-0.2, -0.15) is 5.10 Å². The van der Waals surface area contributed by atoms with E-state index in [1.165, 1.54) is 31.5 Å². The van der Waals surface area contributed by atoms with Gasteiger partial charge in [-0.15, -0.1) is 0 Å². The van der Waals surface area contributed by atoms with Gasteiger partial charge in [-0.25, -0.2) is 0 Å². The van der Waals surface area contributed by atoms with Crippen molar-refractivity contribution >= 4 is 0 Å². The van der Waals surface area contributed by atoms with Crippen molar-refractivity contribution in [2.45, 2.75) is 38.5 Å². The van der Waals surface area contributed by atoms with Gasteiger partial charge in [-0.3, -0.25) is 9.58 Å². The van der Waals surface area contributed by atoms with Crippen LogP contribution in [-0.2, 0) is 17.8 Å². The van der Waals surface area contributed by atoms with Gasteiger partial charge in [0, 0.05) is 51.7 Å². The monoisotopic (exact) mass is 368 g/mol. The van der Waals surface area contributed by atoms with Crippen molar-refractivity contribution in [1.29, 1.82) is 0 Å². The van der Waals surface area contributed by atoms with E-state index in [1.807, 2.05) is 12.3 Å². The first-order valence-corrected chi connectivity index (χ1v) is 10.4. The second kappa shape index (κ2) is 9.49. The van der Waals surface area contributed by atoms with E-state index in [9.17, 15) is 0 Å². The predicted octanol–water partition coefficient (Wildman–Crippen LogP) is 2.89. The minimum atomic E-state index is 0.332. The molecule has 1 atom stereocenters. The molecule has 1 unspecified atom stereocenters. The van der Waals surface area contributed by atoms with Gasteiger partial charge in [-0.05, 0) is 49.9 Å². The number of nitrogens with zero attached hydrogens (tertiary/aromatic N) is 4. The molecule has 2 aromatic rings. The number of piperidine rings is 1. The SMILES string of the molecule is c1ccc(CN2CCCOC(CN3CCC(Cn4cccn4)CC3)C2)cc1. The molecule has 5 nitrogen and oxygen atoms in total. The van der Waals surface area contributed by atoms with Crippen LogP contribution in [-0.4, -0.2) is 65.0 Å². The smallest absolute Gasteiger partial charge is 0.0828 e. The summed E-state index contributed by atoms with van der Waals surface area (Å²) in [5.74, 6) is 0.755. The summed E-state index contributed by atoms with van der Waals surface area (Å²) < 4.78 is 8.27. The van der Waals surface area contributed by atoms with Gasteiger partial charge in [0.2, 0.25) is 0 Å². The molecular weight excluding hydrogens is 336 g/mol. The maximum Gasteiger partial charge on any atom is 0.0828 e. The molecule has 0 radical (unpaired) electrons. The third-order valence-corrected chi connectivity index (χ3v) is 5.86. The Morgan fingerprint density at radius 3 is 2.59 bits per heavy atom. The Kier molecular flexibility index (Phi) is 6.56. The van der Waals surface area contributed by atoms with Gasteiger partial charge < -0.3 is 9.64 Å². The molecule has 3 heterocycles. The van der Waals surface area contributed by atoms with Crippen LogP contribution >= 0.6 is 0 Å². The van der Waals surface area contributed by atoms with Crippen LogP contribution in [0, 0.1) is 5.92 Å². The zero-order chi connectivity index (χ0) is 18.3. The number of hydrogen-bond donors (Lipinski definition) is 0. The normalized spacial score (nSPS) is 23.3. The fraction of sp³-hybridized carbons (Fsp3) is 0.591. The molecule has 0 bridgehead atoms. The van der Waals surface area contributed by atoms with E-state index in [0.29, 0.717) is 6.10 Å². The number of hydrogen-bond acceptors (Lipinski definition) is 4. The molecule has 1 aromatic heterocycles. The number of likely N-dealkylation sites (tertiary alicyclic amines) is 1. The molecule has 0 amide bonds. The minimum Gasteiger partial charge on any atom is -0.376 e. The lowest BCUT2D eigenvalue weighted by Crippen LogP contribution is -2.43. The summed E-state index contributed by atoms with van der Waals surface area (Å²) in [6, 6.07) is 12.8. The Morgan fingerprint density at radius 1 is 0.963 bits per heavy atom. The highest BCUT2D eigenvalue weighted by atomic mass is 16.5. The zero-order valence-corrected chi connectivity index (χ0v) is 16.2. The lowest BCUT2D eigenvalue weighted by molar-refractivity contribution is 0.0169. The summed E-state index contributed by atoms with van der Waals surface area (Å²) >= 11 is 0. The summed E-state index contributed by atoms with van der Waals surface area (Å²) in [5, 5.41) is 4.35. The van der Waals surface area contributed by atoms with Crippen LogP contribution in [0.5, 0.6) is 0 Å². The molecule has 0 saturated carbocycles. The fourth-order valence-electron chi connectivity index (χ4n) is 4.38. The maximum absolute atomic E-state index is 6.19. The molecule has 2 fully saturated rings. The number of benzene rings is 1. The topological polar surface area (TPSA) is 33.5 Å². The number of ether oxygens (including phenoxy) is 1. The molecule has 0 aliphatic carbocycles. The first kappa shape index (κ1) is 18.7. The van der Waals surface area contributed by atoms with Crippen LogP contribution < -0.4 is 0 Å². The van der Waals surface area contributed by atoms with Crippen molar-refractivity contribution in [2.75, 3.05) is 39.3 Å².